The number of nitrogens with zero attached hydrogens (tertiary/aromatic N) is 5. The smallest absolute Gasteiger partial charge is 0.199 e. The Morgan fingerprint density at radius 2 is 1.89 bits per heavy atom. The molecule has 0 radical (unpaired) electrons. The normalized spacial score (nSPS) is 11.6. The molecule has 27 heavy (non-hydrogen) atoms. The van der Waals surface area contributed by atoms with Crippen LogP contribution in [0.2, 0.25) is 5.02 Å². The average molecular weight is 416 g/mol. The number of hydrogen-bond acceptors (Lipinski definition) is 5. The Bertz CT molecular complexity index is 1110. The van der Waals surface area contributed by atoms with E-state index in [2.05, 4.69) is 11.0 Å². The van der Waals surface area contributed by atoms with Crippen LogP contribution in [0.1, 0.15) is 5.01 Å². The van der Waals surface area contributed by atoms with Gasteiger partial charge in [-0.05, 0) is 55.7 Å². The molecule has 2 aromatic carbocycles. The molecule has 0 fully saturated rings. The van der Waals surface area contributed by atoms with Crippen molar-refractivity contribution >= 4 is 45.4 Å². The maximum atomic E-state index is 5.99. The summed E-state index contributed by atoms with van der Waals surface area (Å²) >= 11 is 13.3. The Hall–Kier alpha value is -2.06. The molecule has 0 aliphatic carbocycles. The largest absolute Gasteiger partial charge is 0.303 e. The van der Waals surface area contributed by atoms with Gasteiger partial charge in [0.15, 0.2) is 10.6 Å². The van der Waals surface area contributed by atoms with Crippen molar-refractivity contribution in [2.75, 3.05) is 7.05 Å². The van der Waals surface area contributed by atoms with E-state index in [-0.39, 0.29) is 0 Å². The van der Waals surface area contributed by atoms with Crippen molar-refractivity contribution in [3.8, 4) is 11.4 Å². The van der Waals surface area contributed by atoms with Gasteiger partial charge in [0.2, 0.25) is 0 Å². The molecule has 0 amide bonds. The molecule has 4 rings (SSSR count). The molecular formula is C19H18ClN5S2. The fraction of sp³-hybridized carbons (Fsp3) is 0.211. The van der Waals surface area contributed by atoms with Gasteiger partial charge in [0.05, 0.1) is 23.4 Å². The van der Waals surface area contributed by atoms with Crippen molar-refractivity contribution in [1.82, 2.24) is 24.2 Å². The monoisotopic (exact) mass is 415 g/mol. The zero-order valence-electron chi connectivity index (χ0n) is 15.0. The van der Waals surface area contributed by atoms with Crippen molar-refractivity contribution in [1.29, 1.82) is 0 Å². The number of halogens is 1. The molecule has 138 valence electrons. The summed E-state index contributed by atoms with van der Waals surface area (Å²) in [6.45, 7) is 1.34. The van der Waals surface area contributed by atoms with Crippen LogP contribution in [0.3, 0.4) is 0 Å². The highest BCUT2D eigenvalue weighted by atomic mass is 35.5. The molecule has 0 spiro atoms. The Labute approximate surface area is 171 Å². The first kappa shape index (κ1) is 18.3. The van der Waals surface area contributed by atoms with Gasteiger partial charge in [-0.3, -0.25) is 4.90 Å². The number of para-hydroxylation sites is 1. The van der Waals surface area contributed by atoms with Crippen LogP contribution in [0, 0.1) is 4.77 Å². The number of aromatic nitrogens is 4. The summed E-state index contributed by atoms with van der Waals surface area (Å²) in [5.74, 6) is 0.824. The van der Waals surface area contributed by atoms with E-state index in [1.807, 2.05) is 65.8 Å². The van der Waals surface area contributed by atoms with Gasteiger partial charge in [0.1, 0.15) is 5.01 Å². The van der Waals surface area contributed by atoms with E-state index in [4.69, 9.17) is 33.9 Å². The van der Waals surface area contributed by atoms with Crippen LogP contribution in [0.5, 0.6) is 0 Å². The van der Waals surface area contributed by atoms with Crippen molar-refractivity contribution in [2.24, 2.45) is 7.05 Å². The second-order valence-corrected chi connectivity index (χ2v) is 8.32. The highest BCUT2D eigenvalue weighted by Gasteiger charge is 2.13. The number of hydrogen-bond donors (Lipinski definition) is 0. The molecule has 0 unspecified atom stereocenters. The minimum Gasteiger partial charge on any atom is -0.303 e. The first-order valence-corrected chi connectivity index (χ1v) is 10.0. The first-order valence-electron chi connectivity index (χ1n) is 8.44. The highest BCUT2D eigenvalue weighted by molar-refractivity contribution is 7.71. The third-order valence-electron chi connectivity index (χ3n) is 4.26. The van der Waals surface area contributed by atoms with Gasteiger partial charge in [-0.15, -0.1) is 11.3 Å². The molecule has 0 aliphatic heterocycles. The number of fused-ring (bicyclic) bond motifs is 1. The average Bonchev–Trinajstić information content (AvgIpc) is 3.18. The second-order valence-electron chi connectivity index (χ2n) is 6.40. The zero-order chi connectivity index (χ0) is 19.0. The molecule has 2 heterocycles. The summed E-state index contributed by atoms with van der Waals surface area (Å²) in [4.78, 5) is 6.86. The maximum Gasteiger partial charge on any atom is 0.199 e. The fourth-order valence-electron chi connectivity index (χ4n) is 2.93. The predicted molar refractivity (Wildman–Crippen MR) is 114 cm³/mol. The summed E-state index contributed by atoms with van der Waals surface area (Å²) in [7, 11) is 3.98. The molecule has 0 saturated carbocycles. The predicted octanol–water partition coefficient (Wildman–Crippen LogP) is 4.97. The van der Waals surface area contributed by atoms with E-state index < -0.39 is 0 Å². The van der Waals surface area contributed by atoms with Crippen LogP contribution >= 0.6 is 35.2 Å². The molecule has 2 aromatic heterocycles. The van der Waals surface area contributed by atoms with Crippen molar-refractivity contribution in [3.63, 3.8) is 0 Å². The van der Waals surface area contributed by atoms with Gasteiger partial charge in [-0.2, -0.15) is 5.10 Å². The SMILES string of the molecule is CN(Cc1nc2ccccc2s1)Cn1nc(-c2ccc(Cl)cc2)n(C)c1=S. The van der Waals surface area contributed by atoms with E-state index in [1.165, 1.54) is 4.70 Å². The van der Waals surface area contributed by atoms with Gasteiger partial charge < -0.3 is 4.57 Å². The Morgan fingerprint density at radius 3 is 2.63 bits per heavy atom. The molecular weight excluding hydrogens is 398 g/mol. The molecule has 8 heteroatoms. The van der Waals surface area contributed by atoms with E-state index in [9.17, 15) is 0 Å². The van der Waals surface area contributed by atoms with Gasteiger partial charge in [0, 0.05) is 17.6 Å². The highest BCUT2D eigenvalue weighted by Crippen LogP contribution is 2.23. The molecule has 0 atom stereocenters. The lowest BCUT2D eigenvalue weighted by atomic mass is 10.2. The molecule has 0 N–H and O–H groups in total. The lowest BCUT2D eigenvalue weighted by Crippen LogP contribution is -2.22. The maximum absolute atomic E-state index is 5.99. The van der Waals surface area contributed by atoms with Crippen LogP contribution in [0.15, 0.2) is 48.5 Å². The topological polar surface area (TPSA) is 38.9 Å². The summed E-state index contributed by atoms with van der Waals surface area (Å²) in [5.41, 5.74) is 2.03. The van der Waals surface area contributed by atoms with Gasteiger partial charge in [-0.25, -0.2) is 9.67 Å². The van der Waals surface area contributed by atoms with Crippen molar-refractivity contribution < 1.29 is 0 Å². The van der Waals surface area contributed by atoms with Crippen molar-refractivity contribution in [2.45, 2.75) is 13.2 Å². The summed E-state index contributed by atoms with van der Waals surface area (Å²) in [5, 5.41) is 6.49. The lowest BCUT2D eigenvalue weighted by Gasteiger charge is -2.14. The number of benzene rings is 2. The summed E-state index contributed by atoms with van der Waals surface area (Å²) in [6.07, 6.45) is 0. The van der Waals surface area contributed by atoms with E-state index in [1.54, 1.807) is 11.3 Å². The Kier molecular flexibility index (Phi) is 5.10. The number of thiazole rings is 1. The van der Waals surface area contributed by atoms with E-state index in [0.717, 1.165) is 28.5 Å². The molecule has 5 nitrogen and oxygen atoms in total. The summed E-state index contributed by atoms with van der Waals surface area (Å²) in [6, 6.07) is 15.8. The van der Waals surface area contributed by atoms with Crippen LogP contribution in [-0.4, -0.2) is 31.3 Å². The van der Waals surface area contributed by atoms with Gasteiger partial charge in [0.25, 0.3) is 0 Å². The molecule has 0 saturated heterocycles. The van der Waals surface area contributed by atoms with Crippen LogP contribution in [0.4, 0.5) is 0 Å². The quantitative estimate of drug-likeness (QED) is 0.431. The zero-order valence-corrected chi connectivity index (χ0v) is 17.4. The molecule has 4 aromatic rings. The molecule has 0 aliphatic rings. The second kappa shape index (κ2) is 7.52. The standard InChI is InChI=1S/C19H18ClN5S2/c1-23(11-17-21-15-5-3-4-6-16(15)27-17)12-25-19(26)24(2)18(22-25)13-7-9-14(20)10-8-13/h3-10H,11-12H2,1-2H3. The van der Waals surface area contributed by atoms with Crippen LogP contribution in [0.25, 0.3) is 21.6 Å². The van der Waals surface area contributed by atoms with Crippen LogP contribution in [-0.2, 0) is 20.3 Å². The van der Waals surface area contributed by atoms with Crippen LogP contribution < -0.4 is 0 Å². The molecule has 0 bridgehead atoms. The lowest BCUT2D eigenvalue weighted by molar-refractivity contribution is 0.244. The summed E-state index contributed by atoms with van der Waals surface area (Å²) < 4.78 is 5.65. The number of rotatable bonds is 5. The Morgan fingerprint density at radius 1 is 1.15 bits per heavy atom. The minimum atomic E-state index is 0.593. The first-order chi connectivity index (χ1) is 13.0. The van der Waals surface area contributed by atoms with E-state index >= 15 is 0 Å². The van der Waals surface area contributed by atoms with Gasteiger partial charge in [-0.1, -0.05) is 23.7 Å². The van der Waals surface area contributed by atoms with Gasteiger partial charge >= 0.3 is 0 Å². The Balaban J connectivity index is 1.54. The third-order valence-corrected chi connectivity index (χ3v) is 6.02. The van der Waals surface area contributed by atoms with Crippen molar-refractivity contribution in [3.05, 3.63) is 63.3 Å². The third kappa shape index (κ3) is 3.82. The minimum absolute atomic E-state index is 0.593. The van der Waals surface area contributed by atoms with E-state index in [0.29, 0.717) is 16.5 Å². The fourth-order valence-corrected chi connectivity index (χ4v) is 4.29.